The fraction of sp³-hybridized carbons (Fsp3) is 0.294. The summed E-state index contributed by atoms with van der Waals surface area (Å²) in [5.41, 5.74) is 0.326. The predicted octanol–water partition coefficient (Wildman–Crippen LogP) is 3.58. The standard InChI is InChI=1S/C17H15F2N3O4S2/c1-2-4-10(15(23)24)26-14-12-13(21-17(25)28-12)20-16(22-14)27-7-8-5-3-6-9(18)11(8)19/h3,5-6,10H,2,4,7H2,1H3,(H,23,24)(H,20,21,22,25)/t10-/m1/s1. The molecule has 0 spiro atoms. The third-order valence-electron chi connectivity index (χ3n) is 3.70. The number of thiazole rings is 1. The average molecular weight is 427 g/mol. The highest BCUT2D eigenvalue weighted by Crippen LogP contribution is 2.30. The van der Waals surface area contributed by atoms with E-state index in [2.05, 4.69) is 15.0 Å². The van der Waals surface area contributed by atoms with E-state index >= 15 is 0 Å². The number of nitrogens with one attached hydrogen (secondary N) is 1. The molecule has 0 aliphatic heterocycles. The molecule has 0 bridgehead atoms. The minimum Gasteiger partial charge on any atom is -0.479 e. The van der Waals surface area contributed by atoms with Crippen molar-refractivity contribution in [1.29, 1.82) is 0 Å². The highest BCUT2D eigenvalue weighted by Gasteiger charge is 2.22. The molecular weight excluding hydrogens is 412 g/mol. The number of ether oxygens (including phenoxy) is 1. The molecule has 0 unspecified atom stereocenters. The van der Waals surface area contributed by atoms with E-state index < -0.39 is 28.6 Å². The summed E-state index contributed by atoms with van der Waals surface area (Å²) in [6.45, 7) is 1.82. The summed E-state index contributed by atoms with van der Waals surface area (Å²) in [7, 11) is 0. The lowest BCUT2D eigenvalue weighted by atomic mass is 10.2. The van der Waals surface area contributed by atoms with Gasteiger partial charge in [-0.05, 0) is 12.5 Å². The van der Waals surface area contributed by atoms with Gasteiger partial charge in [0.05, 0.1) is 0 Å². The molecule has 11 heteroatoms. The molecule has 7 nitrogen and oxygen atoms in total. The Labute approximate surface area is 165 Å². The third-order valence-corrected chi connectivity index (χ3v) is 5.45. The minimum absolute atomic E-state index is 0.0311. The molecule has 0 saturated heterocycles. The Hall–Kier alpha value is -2.53. The van der Waals surface area contributed by atoms with Gasteiger partial charge in [-0.3, -0.25) is 9.78 Å². The van der Waals surface area contributed by atoms with E-state index in [1.165, 1.54) is 12.1 Å². The first-order chi connectivity index (χ1) is 13.4. The third kappa shape index (κ3) is 4.47. The second-order valence-corrected chi connectivity index (χ2v) is 7.66. The Bertz CT molecular complexity index is 1070. The van der Waals surface area contributed by atoms with Crippen LogP contribution in [0, 0.1) is 11.6 Å². The number of benzene rings is 1. The number of hydrogen-bond acceptors (Lipinski definition) is 7. The van der Waals surface area contributed by atoms with Crippen LogP contribution in [0.1, 0.15) is 25.3 Å². The summed E-state index contributed by atoms with van der Waals surface area (Å²) < 4.78 is 33.0. The molecule has 0 saturated carbocycles. The largest absolute Gasteiger partial charge is 0.479 e. The number of fused-ring (bicyclic) bond motifs is 1. The summed E-state index contributed by atoms with van der Waals surface area (Å²) in [5, 5.41) is 9.44. The Kier molecular flexibility index (Phi) is 6.25. The van der Waals surface area contributed by atoms with Gasteiger partial charge < -0.3 is 9.84 Å². The molecule has 3 aromatic rings. The van der Waals surface area contributed by atoms with Crippen molar-refractivity contribution >= 4 is 39.4 Å². The van der Waals surface area contributed by atoms with Crippen LogP contribution in [0.15, 0.2) is 28.2 Å². The first-order valence-corrected chi connectivity index (χ1v) is 10.0. The molecule has 0 aliphatic carbocycles. The highest BCUT2D eigenvalue weighted by atomic mass is 32.2. The van der Waals surface area contributed by atoms with Gasteiger partial charge in [-0.2, -0.15) is 4.98 Å². The van der Waals surface area contributed by atoms with Crippen molar-refractivity contribution in [2.45, 2.75) is 36.8 Å². The smallest absolute Gasteiger partial charge is 0.344 e. The van der Waals surface area contributed by atoms with Crippen molar-refractivity contribution in [3.8, 4) is 5.88 Å². The van der Waals surface area contributed by atoms with Crippen molar-refractivity contribution in [2.75, 3.05) is 0 Å². The maximum atomic E-state index is 13.8. The first kappa shape index (κ1) is 20.2. The molecule has 2 N–H and O–H groups in total. The molecule has 3 rings (SSSR count). The quantitative estimate of drug-likeness (QED) is 0.418. The van der Waals surface area contributed by atoms with Gasteiger partial charge in [-0.1, -0.05) is 48.6 Å². The van der Waals surface area contributed by atoms with E-state index in [0.29, 0.717) is 11.1 Å². The average Bonchev–Trinajstić information content (AvgIpc) is 3.03. The van der Waals surface area contributed by atoms with Crippen LogP contribution in [0.5, 0.6) is 5.88 Å². The summed E-state index contributed by atoms with van der Waals surface area (Å²) >= 11 is 1.81. The van der Waals surface area contributed by atoms with Crippen LogP contribution in [-0.4, -0.2) is 32.1 Å². The molecule has 1 aromatic carbocycles. The predicted molar refractivity (Wildman–Crippen MR) is 101 cm³/mol. The van der Waals surface area contributed by atoms with E-state index in [4.69, 9.17) is 4.74 Å². The van der Waals surface area contributed by atoms with Crippen LogP contribution < -0.4 is 9.61 Å². The second kappa shape index (κ2) is 8.65. The first-order valence-electron chi connectivity index (χ1n) is 8.25. The number of thioether (sulfide) groups is 1. The zero-order valence-corrected chi connectivity index (χ0v) is 16.2. The highest BCUT2D eigenvalue weighted by molar-refractivity contribution is 7.98. The van der Waals surface area contributed by atoms with Gasteiger partial charge in [0.1, 0.15) is 4.70 Å². The fourth-order valence-corrected chi connectivity index (χ4v) is 3.90. The van der Waals surface area contributed by atoms with E-state index in [-0.39, 0.29) is 34.4 Å². The monoisotopic (exact) mass is 427 g/mol. The molecule has 0 radical (unpaired) electrons. The lowest BCUT2D eigenvalue weighted by molar-refractivity contribution is -0.145. The zero-order chi connectivity index (χ0) is 20.3. The minimum atomic E-state index is -1.15. The van der Waals surface area contributed by atoms with Crippen molar-refractivity contribution in [1.82, 2.24) is 15.0 Å². The van der Waals surface area contributed by atoms with Gasteiger partial charge >= 0.3 is 10.8 Å². The Morgan fingerprint density at radius 1 is 1.39 bits per heavy atom. The summed E-state index contributed by atoms with van der Waals surface area (Å²) in [6.07, 6.45) is -0.287. The summed E-state index contributed by atoms with van der Waals surface area (Å²) in [6, 6.07) is 3.86. The number of rotatable bonds is 8. The van der Waals surface area contributed by atoms with Crippen LogP contribution in [0.25, 0.3) is 10.3 Å². The number of hydrogen-bond donors (Lipinski definition) is 2. The van der Waals surface area contributed by atoms with Crippen LogP contribution in [0.4, 0.5) is 8.78 Å². The van der Waals surface area contributed by atoms with Crippen molar-refractivity contribution in [2.24, 2.45) is 0 Å². The summed E-state index contributed by atoms with van der Waals surface area (Å²) in [4.78, 5) is 33.6. The number of halogens is 2. The maximum absolute atomic E-state index is 13.8. The number of carbonyl (C=O) groups is 1. The van der Waals surface area contributed by atoms with Gasteiger partial charge in [0, 0.05) is 11.3 Å². The Morgan fingerprint density at radius 2 is 2.18 bits per heavy atom. The molecule has 0 fully saturated rings. The van der Waals surface area contributed by atoms with E-state index in [9.17, 15) is 23.5 Å². The number of nitrogens with zero attached hydrogens (tertiary/aromatic N) is 2. The van der Waals surface area contributed by atoms with E-state index in [1.54, 1.807) is 0 Å². The topological polar surface area (TPSA) is 105 Å². The number of carboxylic acid groups (broad SMARTS) is 1. The Morgan fingerprint density at radius 3 is 2.89 bits per heavy atom. The van der Waals surface area contributed by atoms with Crippen molar-refractivity contribution < 1.29 is 23.4 Å². The van der Waals surface area contributed by atoms with E-state index in [0.717, 1.165) is 29.2 Å². The van der Waals surface area contributed by atoms with Crippen LogP contribution in [-0.2, 0) is 10.5 Å². The SMILES string of the molecule is CCC[C@@H](Oc1nc(SCc2cccc(F)c2F)nc2[nH]c(=O)sc12)C(=O)O. The van der Waals surface area contributed by atoms with Crippen molar-refractivity contribution in [3.05, 3.63) is 45.1 Å². The van der Waals surface area contributed by atoms with Gasteiger partial charge in [0.15, 0.2) is 28.5 Å². The molecular formula is C17H15F2N3O4S2. The summed E-state index contributed by atoms with van der Waals surface area (Å²) in [5.74, 6) is -3.04. The number of H-pyrrole nitrogens is 1. The van der Waals surface area contributed by atoms with Crippen LogP contribution >= 0.6 is 23.1 Å². The van der Waals surface area contributed by atoms with Crippen LogP contribution in [0.2, 0.25) is 0 Å². The number of carboxylic acids is 1. The van der Waals surface area contributed by atoms with E-state index in [1.807, 2.05) is 6.92 Å². The lowest BCUT2D eigenvalue weighted by Gasteiger charge is -2.14. The van der Waals surface area contributed by atoms with Crippen molar-refractivity contribution in [3.63, 3.8) is 0 Å². The van der Waals surface area contributed by atoms with Gasteiger partial charge in [0.2, 0.25) is 5.88 Å². The molecule has 2 heterocycles. The van der Waals surface area contributed by atoms with Gasteiger partial charge in [0.25, 0.3) is 0 Å². The molecule has 1 atom stereocenters. The fourth-order valence-electron chi connectivity index (χ4n) is 2.38. The normalized spacial score (nSPS) is 12.2. The molecule has 0 aliphatic rings. The number of aromatic nitrogens is 3. The van der Waals surface area contributed by atoms with Crippen LogP contribution in [0.3, 0.4) is 0 Å². The Balaban J connectivity index is 1.92. The number of aliphatic carboxylic acids is 1. The lowest BCUT2D eigenvalue weighted by Crippen LogP contribution is -2.27. The zero-order valence-electron chi connectivity index (χ0n) is 14.6. The molecule has 28 heavy (non-hydrogen) atoms. The molecule has 148 valence electrons. The van der Waals surface area contributed by atoms with Gasteiger partial charge in [-0.25, -0.2) is 18.6 Å². The van der Waals surface area contributed by atoms with Gasteiger partial charge in [-0.15, -0.1) is 0 Å². The number of aromatic amines is 1. The molecule has 0 amide bonds. The second-order valence-electron chi connectivity index (χ2n) is 5.74. The molecule has 2 aromatic heterocycles. The maximum Gasteiger partial charge on any atom is 0.344 e.